The molecule has 0 bridgehead atoms. The molecule has 1 N–H and O–H groups in total. The molecular weight excluding hydrogens is 152 g/mol. The summed E-state index contributed by atoms with van der Waals surface area (Å²) < 4.78 is 0. The van der Waals surface area contributed by atoms with Crippen molar-refractivity contribution in [3.05, 3.63) is 27.4 Å². The number of fused-ring (bicyclic) bond motifs is 1. The van der Waals surface area contributed by atoms with Gasteiger partial charge in [0.1, 0.15) is 5.82 Å². The van der Waals surface area contributed by atoms with E-state index in [4.69, 9.17) is 0 Å². The van der Waals surface area contributed by atoms with Crippen LogP contribution in [0.1, 0.15) is 24.0 Å². The number of aryl methyl sites for hydroxylation is 1. The normalized spacial score (nSPS) is 21.0. The molecule has 64 valence electrons. The Bertz CT molecular complexity index is 367. The molecule has 12 heavy (non-hydrogen) atoms. The van der Waals surface area contributed by atoms with Gasteiger partial charge in [-0.3, -0.25) is 4.79 Å². The lowest BCUT2D eigenvalue weighted by Crippen LogP contribution is -2.15. The Morgan fingerprint density at radius 2 is 2.25 bits per heavy atom. The Hall–Kier alpha value is -1.12. The van der Waals surface area contributed by atoms with Gasteiger partial charge in [0.15, 0.2) is 0 Å². The summed E-state index contributed by atoms with van der Waals surface area (Å²) in [5.41, 5.74) is 1.96. The predicted octanol–water partition coefficient (Wildman–Crippen LogP) is 0.813. The van der Waals surface area contributed by atoms with Crippen LogP contribution in [0.15, 0.2) is 4.79 Å². The van der Waals surface area contributed by atoms with Gasteiger partial charge in [0.05, 0.1) is 5.69 Å². The number of hydrogen-bond donors (Lipinski definition) is 1. The summed E-state index contributed by atoms with van der Waals surface area (Å²) in [4.78, 5) is 18.4. The number of H-pyrrole nitrogens is 1. The maximum absolute atomic E-state index is 11.4. The van der Waals surface area contributed by atoms with E-state index < -0.39 is 0 Å². The molecule has 1 aliphatic carbocycles. The zero-order chi connectivity index (χ0) is 8.72. The van der Waals surface area contributed by atoms with E-state index in [2.05, 4.69) is 16.9 Å². The molecule has 0 amide bonds. The lowest BCUT2D eigenvalue weighted by molar-refractivity contribution is 0.623. The average molecular weight is 164 g/mol. The second-order valence-electron chi connectivity index (χ2n) is 3.59. The Labute approximate surface area is 70.9 Å². The fourth-order valence-electron chi connectivity index (χ4n) is 1.80. The van der Waals surface area contributed by atoms with Crippen molar-refractivity contribution in [1.82, 2.24) is 9.97 Å². The lowest BCUT2D eigenvalue weighted by Gasteiger charge is -1.97. The van der Waals surface area contributed by atoms with E-state index in [0.29, 0.717) is 5.92 Å². The first-order valence-electron chi connectivity index (χ1n) is 4.25. The van der Waals surface area contributed by atoms with Crippen LogP contribution in [0.3, 0.4) is 0 Å². The Morgan fingerprint density at radius 3 is 3.00 bits per heavy atom. The van der Waals surface area contributed by atoms with Crippen LogP contribution in [0.25, 0.3) is 0 Å². The number of nitrogens with one attached hydrogen (secondary N) is 1. The van der Waals surface area contributed by atoms with Gasteiger partial charge in [-0.25, -0.2) is 4.98 Å². The van der Waals surface area contributed by atoms with Crippen LogP contribution in [0, 0.1) is 12.8 Å². The number of aromatic amines is 1. The van der Waals surface area contributed by atoms with Gasteiger partial charge in [-0.1, -0.05) is 6.92 Å². The molecule has 1 aromatic heterocycles. The summed E-state index contributed by atoms with van der Waals surface area (Å²) in [7, 11) is 0. The molecule has 0 aliphatic heterocycles. The maximum atomic E-state index is 11.4. The van der Waals surface area contributed by atoms with Crippen molar-refractivity contribution in [2.24, 2.45) is 5.92 Å². The molecule has 1 atom stereocenters. The zero-order valence-electron chi connectivity index (χ0n) is 7.35. The fourth-order valence-corrected chi connectivity index (χ4v) is 1.80. The average Bonchev–Trinajstić information content (AvgIpc) is 2.29. The number of rotatable bonds is 0. The summed E-state index contributed by atoms with van der Waals surface area (Å²) in [6, 6.07) is 0. The third kappa shape index (κ3) is 1.05. The van der Waals surface area contributed by atoms with Crippen molar-refractivity contribution in [2.45, 2.75) is 26.7 Å². The SMILES string of the molecule is Cc1nc2c(c(=O)[nH]1)C[C@H](C)C2. The molecule has 0 unspecified atom stereocenters. The van der Waals surface area contributed by atoms with E-state index in [0.717, 1.165) is 29.9 Å². The minimum Gasteiger partial charge on any atom is -0.311 e. The van der Waals surface area contributed by atoms with Gasteiger partial charge in [0.25, 0.3) is 5.56 Å². The number of hydrogen-bond acceptors (Lipinski definition) is 2. The largest absolute Gasteiger partial charge is 0.311 e. The second kappa shape index (κ2) is 2.44. The molecule has 0 saturated heterocycles. The molecule has 2 rings (SSSR count). The standard InChI is InChI=1S/C9H12N2O/c1-5-3-7-8(4-5)10-6(2)11-9(7)12/h5H,3-4H2,1-2H3,(H,10,11,12)/t5-/m0/s1. The van der Waals surface area contributed by atoms with Gasteiger partial charge >= 0.3 is 0 Å². The van der Waals surface area contributed by atoms with Gasteiger partial charge in [-0.15, -0.1) is 0 Å². The van der Waals surface area contributed by atoms with E-state index in [1.165, 1.54) is 0 Å². The van der Waals surface area contributed by atoms with Crippen LogP contribution in [0.5, 0.6) is 0 Å². The molecule has 1 aliphatic rings. The third-order valence-electron chi connectivity index (χ3n) is 2.31. The molecule has 1 aromatic rings. The fraction of sp³-hybridized carbons (Fsp3) is 0.556. The first-order chi connectivity index (χ1) is 5.66. The molecule has 0 spiro atoms. The van der Waals surface area contributed by atoms with E-state index in [-0.39, 0.29) is 5.56 Å². The summed E-state index contributed by atoms with van der Waals surface area (Å²) in [6.45, 7) is 3.97. The molecule has 1 heterocycles. The van der Waals surface area contributed by atoms with E-state index >= 15 is 0 Å². The van der Waals surface area contributed by atoms with Gasteiger partial charge < -0.3 is 4.98 Å². The second-order valence-corrected chi connectivity index (χ2v) is 3.59. The van der Waals surface area contributed by atoms with Crippen LogP contribution >= 0.6 is 0 Å². The van der Waals surface area contributed by atoms with Gasteiger partial charge in [-0.05, 0) is 25.7 Å². The summed E-state index contributed by atoms with van der Waals surface area (Å²) in [5.74, 6) is 1.31. The van der Waals surface area contributed by atoms with Crippen molar-refractivity contribution in [1.29, 1.82) is 0 Å². The lowest BCUT2D eigenvalue weighted by atomic mass is 10.1. The molecule has 0 saturated carbocycles. The Kier molecular flexibility index (Phi) is 1.53. The van der Waals surface area contributed by atoms with Crippen molar-refractivity contribution in [2.75, 3.05) is 0 Å². The molecule has 0 fully saturated rings. The highest BCUT2D eigenvalue weighted by molar-refractivity contribution is 5.23. The van der Waals surface area contributed by atoms with Crippen LogP contribution in [-0.4, -0.2) is 9.97 Å². The first kappa shape index (κ1) is 7.53. The molecular formula is C9H12N2O. The van der Waals surface area contributed by atoms with Crippen molar-refractivity contribution in [3.8, 4) is 0 Å². The van der Waals surface area contributed by atoms with Gasteiger partial charge in [0.2, 0.25) is 0 Å². The van der Waals surface area contributed by atoms with Crippen molar-refractivity contribution in [3.63, 3.8) is 0 Å². The van der Waals surface area contributed by atoms with E-state index in [1.807, 2.05) is 6.92 Å². The topological polar surface area (TPSA) is 45.8 Å². The Morgan fingerprint density at radius 1 is 1.50 bits per heavy atom. The van der Waals surface area contributed by atoms with Crippen LogP contribution in [0.2, 0.25) is 0 Å². The van der Waals surface area contributed by atoms with E-state index in [1.54, 1.807) is 0 Å². The highest BCUT2D eigenvalue weighted by atomic mass is 16.1. The van der Waals surface area contributed by atoms with Crippen molar-refractivity contribution < 1.29 is 0 Å². The predicted molar refractivity (Wildman–Crippen MR) is 46.2 cm³/mol. The zero-order valence-corrected chi connectivity index (χ0v) is 7.35. The summed E-state index contributed by atoms with van der Waals surface area (Å²) in [5, 5.41) is 0. The van der Waals surface area contributed by atoms with Gasteiger partial charge in [0, 0.05) is 5.56 Å². The molecule has 0 aromatic carbocycles. The van der Waals surface area contributed by atoms with Crippen LogP contribution < -0.4 is 5.56 Å². The minimum absolute atomic E-state index is 0.0573. The number of nitrogens with zero attached hydrogens (tertiary/aromatic N) is 1. The minimum atomic E-state index is 0.0573. The highest BCUT2D eigenvalue weighted by Gasteiger charge is 2.21. The molecule has 0 radical (unpaired) electrons. The quantitative estimate of drug-likeness (QED) is 0.616. The molecule has 3 heteroatoms. The monoisotopic (exact) mass is 164 g/mol. The van der Waals surface area contributed by atoms with Gasteiger partial charge in [-0.2, -0.15) is 0 Å². The Balaban J connectivity index is 2.60. The third-order valence-corrected chi connectivity index (χ3v) is 2.31. The van der Waals surface area contributed by atoms with Crippen LogP contribution in [-0.2, 0) is 12.8 Å². The highest BCUT2D eigenvalue weighted by Crippen LogP contribution is 2.21. The van der Waals surface area contributed by atoms with Crippen LogP contribution in [0.4, 0.5) is 0 Å². The van der Waals surface area contributed by atoms with Crippen molar-refractivity contribution >= 4 is 0 Å². The summed E-state index contributed by atoms with van der Waals surface area (Å²) >= 11 is 0. The summed E-state index contributed by atoms with van der Waals surface area (Å²) in [6.07, 6.45) is 1.85. The number of aromatic nitrogens is 2. The smallest absolute Gasteiger partial charge is 0.254 e. The molecule has 3 nitrogen and oxygen atoms in total. The van der Waals surface area contributed by atoms with E-state index in [9.17, 15) is 4.79 Å². The maximum Gasteiger partial charge on any atom is 0.254 e. The first-order valence-corrected chi connectivity index (χ1v) is 4.25.